The molecule has 1 saturated heterocycles. The Morgan fingerprint density at radius 1 is 1.22 bits per heavy atom. The standard InChI is InChI=1S/C14H22FN3/c1-11(2)10-17-6-8-18(9-7-17)14-12(15)4-3-5-13(14)16/h3-5,11H,6-10,16H2,1-2H3. The number of anilines is 2. The highest BCUT2D eigenvalue weighted by atomic mass is 19.1. The molecule has 0 aliphatic carbocycles. The van der Waals surface area contributed by atoms with Crippen LogP contribution in [0.2, 0.25) is 0 Å². The molecule has 0 aromatic heterocycles. The van der Waals surface area contributed by atoms with Crippen LogP contribution < -0.4 is 10.6 Å². The van der Waals surface area contributed by atoms with Crippen LogP contribution in [0.1, 0.15) is 13.8 Å². The molecule has 0 saturated carbocycles. The third kappa shape index (κ3) is 2.93. The molecule has 0 bridgehead atoms. The Kier molecular flexibility index (Phi) is 4.07. The number of piperazine rings is 1. The SMILES string of the molecule is CC(C)CN1CCN(c2c(N)cccc2F)CC1. The van der Waals surface area contributed by atoms with Crippen molar-refractivity contribution in [3.63, 3.8) is 0 Å². The lowest BCUT2D eigenvalue weighted by atomic mass is 10.1. The largest absolute Gasteiger partial charge is 0.397 e. The van der Waals surface area contributed by atoms with Crippen LogP contribution in [0.25, 0.3) is 0 Å². The van der Waals surface area contributed by atoms with Crippen molar-refractivity contribution in [3.05, 3.63) is 24.0 Å². The van der Waals surface area contributed by atoms with Crippen molar-refractivity contribution >= 4 is 11.4 Å². The Bertz CT molecular complexity index is 378. The number of halogens is 1. The minimum Gasteiger partial charge on any atom is -0.397 e. The van der Waals surface area contributed by atoms with E-state index in [-0.39, 0.29) is 5.82 Å². The van der Waals surface area contributed by atoms with Crippen molar-refractivity contribution in [2.24, 2.45) is 5.92 Å². The first-order valence-electron chi connectivity index (χ1n) is 6.59. The van der Waals surface area contributed by atoms with Gasteiger partial charge in [0.2, 0.25) is 0 Å². The topological polar surface area (TPSA) is 32.5 Å². The molecule has 2 rings (SSSR count). The van der Waals surface area contributed by atoms with Gasteiger partial charge >= 0.3 is 0 Å². The summed E-state index contributed by atoms with van der Waals surface area (Å²) in [5, 5.41) is 0. The van der Waals surface area contributed by atoms with Gasteiger partial charge in [-0.25, -0.2) is 4.39 Å². The number of hydrogen-bond acceptors (Lipinski definition) is 3. The molecule has 1 aliphatic heterocycles. The fourth-order valence-electron chi connectivity index (χ4n) is 2.54. The zero-order valence-corrected chi connectivity index (χ0v) is 11.2. The van der Waals surface area contributed by atoms with E-state index in [1.165, 1.54) is 6.07 Å². The van der Waals surface area contributed by atoms with E-state index in [4.69, 9.17) is 5.73 Å². The Hall–Kier alpha value is -1.29. The van der Waals surface area contributed by atoms with Gasteiger partial charge in [-0.15, -0.1) is 0 Å². The quantitative estimate of drug-likeness (QED) is 0.836. The molecule has 1 fully saturated rings. The van der Waals surface area contributed by atoms with E-state index in [1.54, 1.807) is 12.1 Å². The van der Waals surface area contributed by atoms with Gasteiger partial charge in [0, 0.05) is 32.7 Å². The molecule has 18 heavy (non-hydrogen) atoms. The maximum absolute atomic E-state index is 13.8. The summed E-state index contributed by atoms with van der Waals surface area (Å²) in [6.07, 6.45) is 0. The average molecular weight is 251 g/mol. The van der Waals surface area contributed by atoms with E-state index >= 15 is 0 Å². The molecular formula is C14H22FN3. The van der Waals surface area contributed by atoms with Crippen molar-refractivity contribution in [1.82, 2.24) is 4.90 Å². The third-order valence-electron chi connectivity index (χ3n) is 3.33. The smallest absolute Gasteiger partial charge is 0.148 e. The van der Waals surface area contributed by atoms with Crippen LogP contribution in [-0.4, -0.2) is 37.6 Å². The van der Waals surface area contributed by atoms with Crippen LogP contribution in [-0.2, 0) is 0 Å². The second-order valence-electron chi connectivity index (χ2n) is 5.36. The molecule has 0 unspecified atom stereocenters. The molecule has 100 valence electrons. The minimum absolute atomic E-state index is 0.215. The van der Waals surface area contributed by atoms with Crippen LogP contribution in [0.15, 0.2) is 18.2 Å². The molecule has 0 radical (unpaired) electrons. The Morgan fingerprint density at radius 2 is 1.89 bits per heavy atom. The van der Waals surface area contributed by atoms with Crippen LogP contribution in [0, 0.1) is 11.7 Å². The van der Waals surface area contributed by atoms with Crippen molar-refractivity contribution in [2.45, 2.75) is 13.8 Å². The molecule has 0 spiro atoms. The van der Waals surface area contributed by atoms with Crippen LogP contribution in [0.3, 0.4) is 0 Å². The van der Waals surface area contributed by atoms with Crippen LogP contribution >= 0.6 is 0 Å². The van der Waals surface area contributed by atoms with Gasteiger partial charge in [0.1, 0.15) is 5.82 Å². The van der Waals surface area contributed by atoms with E-state index in [2.05, 4.69) is 23.6 Å². The Balaban J connectivity index is 2.01. The van der Waals surface area contributed by atoms with E-state index in [9.17, 15) is 4.39 Å². The average Bonchev–Trinajstić information content (AvgIpc) is 2.30. The normalized spacial score (nSPS) is 17.4. The summed E-state index contributed by atoms with van der Waals surface area (Å²) < 4.78 is 13.8. The van der Waals surface area contributed by atoms with Crippen LogP contribution in [0.5, 0.6) is 0 Å². The fraction of sp³-hybridized carbons (Fsp3) is 0.571. The molecule has 1 aromatic carbocycles. The highest BCUT2D eigenvalue weighted by molar-refractivity contribution is 5.68. The Labute approximate surface area is 108 Å². The third-order valence-corrected chi connectivity index (χ3v) is 3.33. The molecule has 1 aliphatic rings. The summed E-state index contributed by atoms with van der Waals surface area (Å²) in [4.78, 5) is 4.49. The van der Waals surface area contributed by atoms with Crippen molar-refractivity contribution in [2.75, 3.05) is 43.4 Å². The van der Waals surface area contributed by atoms with E-state index in [0.29, 0.717) is 17.3 Å². The molecule has 1 aromatic rings. The first-order valence-corrected chi connectivity index (χ1v) is 6.59. The van der Waals surface area contributed by atoms with Crippen molar-refractivity contribution < 1.29 is 4.39 Å². The predicted octanol–water partition coefficient (Wildman–Crippen LogP) is 2.19. The molecule has 0 amide bonds. The predicted molar refractivity (Wildman–Crippen MR) is 74.3 cm³/mol. The van der Waals surface area contributed by atoms with Gasteiger partial charge < -0.3 is 10.6 Å². The lowest BCUT2D eigenvalue weighted by Crippen LogP contribution is -2.47. The van der Waals surface area contributed by atoms with Crippen LogP contribution in [0.4, 0.5) is 15.8 Å². The summed E-state index contributed by atoms with van der Waals surface area (Å²) in [6, 6.07) is 4.90. The zero-order valence-electron chi connectivity index (χ0n) is 11.2. The monoisotopic (exact) mass is 251 g/mol. The maximum Gasteiger partial charge on any atom is 0.148 e. The number of benzene rings is 1. The molecule has 0 atom stereocenters. The second kappa shape index (κ2) is 5.57. The Morgan fingerprint density at radius 3 is 2.44 bits per heavy atom. The van der Waals surface area contributed by atoms with Crippen molar-refractivity contribution in [1.29, 1.82) is 0 Å². The van der Waals surface area contributed by atoms with Gasteiger partial charge in [0.25, 0.3) is 0 Å². The van der Waals surface area contributed by atoms with Gasteiger partial charge in [-0.05, 0) is 18.1 Å². The molecule has 3 nitrogen and oxygen atoms in total. The summed E-state index contributed by atoms with van der Waals surface area (Å²) in [5.74, 6) is 0.461. The number of nitrogens with zero attached hydrogens (tertiary/aromatic N) is 2. The van der Waals surface area contributed by atoms with E-state index in [1.807, 2.05) is 0 Å². The highest BCUT2D eigenvalue weighted by Gasteiger charge is 2.21. The fourth-order valence-corrected chi connectivity index (χ4v) is 2.54. The zero-order chi connectivity index (χ0) is 13.1. The van der Waals surface area contributed by atoms with Crippen molar-refractivity contribution in [3.8, 4) is 0 Å². The number of nitrogen functional groups attached to an aromatic ring is 1. The number of para-hydroxylation sites is 1. The van der Waals surface area contributed by atoms with E-state index < -0.39 is 0 Å². The first-order chi connectivity index (χ1) is 8.58. The lowest BCUT2D eigenvalue weighted by molar-refractivity contribution is 0.231. The minimum atomic E-state index is -0.215. The molecule has 1 heterocycles. The highest BCUT2D eigenvalue weighted by Crippen LogP contribution is 2.27. The van der Waals surface area contributed by atoms with Gasteiger partial charge in [-0.3, -0.25) is 4.90 Å². The maximum atomic E-state index is 13.8. The van der Waals surface area contributed by atoms with Gasteiger partial charge in [0.15, 0.2) is 0 Å². The summed E-state index contributed by atoms with van der Waals surface area (Å²) in [5.41, 5.74) is 6.98. The molecular weight excluding hydrogens is 229 g/mol. The summed E-state index contributed by atoms with van der Waals surface area (Å²) in [7, 11) is 0. The molecule has 2 N–H and O–H groups in total. The number of rotatable bonds is 3. The lowest BCUT2D eigenvalue weighted by Gasteiger charge is -2.37. The first kappa shape index (κ1) is 13.1. The van der Waals surface area contributed by atoms with E-state index in [0.717, 1.165) is 32.7 Å². The molecule has 4 heteroatoms. The second-order valence-corrected chi connectivity index (χ2v) is 5.36. The van der Waals surface area contributed by atoms with Gasteiger partial charge in [-0.2, -0.15) is 0 Å². The number of hydrogen-bond donors (Lipinski definition) is 1. The summed E-state index contributed by atoms with van der Waals surface area (Å²) in [6.45, 7) is 9.21. The summed E-state index contributed by atoms with van der Waals surface area (Å²) >= 11 is 0. The van der Waals surface area contributed by atoms with Gasteiger partial charge in [-0.1, -0.05) is 19.9 Å². The van der Waals surface area contributed by atoms with Gasteiger partial charge in [0.05, 0.1) is 11.4 Å². The number of nitrogens with two attached hydrogens (primary N) is 1.